The van der Waals surface area contributed by atoms with Crippen LogP contribution in [0.15, 0.2) is 24.0 Å². The number of allylic oxidation sites excluding steroid dienone is 1. The first-order valence-corrected chi connectivity index (χ1v) is 12.7. The number of carboxylic acids is 1. The summed E-state index contributed by atoms with van der Waals surface area (Å²) in [7, 11) is 0. The zero-order valence-corrected chi connectivity index (χ0v) is 22.1. The van der Waals surface area contributed by atoms with E-state index in [0.29, 0.717) is 24.7 Å². The molecule has 0 aromatic carbocycles. The van der Waals surface area contributed by atoms with E-state index >= 15 is 0 Å². The number of fused-ring (bicyclic) bond motifs is 1. The summed E-state index contributed by atoms with van der Waals surface area (Å²) < 4.78 is 5.38. The minimum Gasteiger partial charge on any atom is -0.515 e. The van der Waals surface area contributed by atoms with E-state index in [-0.39, 0.29) is 25.4 Å². The molecule has 0 bridgehead atoms. The fourth-order valence-corrected chi connectivity index (χ4v) is 6.30. The van der Waals surface area contributed by atoms with Crippen LogP contribution in [0.4, 0.5) is 0 Å². The molecule has 36 heavy (non-hydrogen) atoms. The molecule has 0 aromatic heterocycles. The summed E-state index contributed by atoms with van der Waals surface area (Å²) >= 11 is 0. The minimum atomic E-state index is -1.50. The monoisotopic (exact) mass is 510 g/mol. The fraction of sp³-hybridized carbons (Fsp3) is 0.704. The summed E-state index contributed by atoms with van der Waals surface area (Å²) in [5, 5.41) is 39.5. The Morgan fingerprint density at radius 1 is 1.19 bits per heavy atom. The van der Waals surface area contributed by atoms with Gasteiger partial charge in [-0.1, -0.05) is 40.2 Å². The van der Waals surface area contributed by atoms with Crippen molar-refractivity contribution in [2.75, 3.05) is 6.61 Å². The SMILES string of the molecule is CC.CC[C@@H](COC(=O)C/C(C)=C/C(=O)O)C1C(O)C(=O)C2CC(O)C[C@@H](C)C2C1(C)C(=O)/C=C\O. The van der Waals surface area contributed by atoms with Crippen LogP contribution in [0, 0.1) is 35.0 Å². The van der Waals surface area contributed by atoms with Gasteiger partial charge >= 0.3 is 11.9 Å². The van der Waals surface area contributed by atoms with Gasteiger partial charge in [0.25, 0.3) is 0 Å². The molecule has 6 unspecified atom stereocenters. The van der Waals surface area contributed by atoms with Crippen molar-refractivity contribution in [3.05, 3.63) is 24.0 Å². The molecule has 9 nitrogen and oxygen atoms in total. The van der Waals surface area contributed by atoms with Gasteiger partial charge < -0.3 is 25.2 Å². The van der Waals surface area contributed by atoms with E-state index in [2.05, 4.69) is 0 Å². The maximum absolute atomic E-state index is 13.4. The van der Waals surface area contributed by atoms with Gasteiger partial charge in [0.05, 0.1) is 25.4 Å². The number of carboxylic acid groups (broad SMARTS) is 1. The number of aliphatic carboxylic acids is 1. The fourth-order valence-electron chi connectivity index (χ4n) is 6.30. The number of carbonyl (C=O) groups excluding carboxylic acids is 3. The molecule has 2 aliphatic carbocycles. The number of hydrogen-bond acceptors (Lipinski definition) is 8. The number of esters is 1. The van der Waals surface area contributed by atoms with Crippen molar-refractivity contribution in [1.82, 2.24) is 0 Å². The van der Waals surface area contributed by atoms with Crippen molar-refractivity contribution in [3.63, 3.8) is 0 Å². The molecule has 2 rings (SSSR count). The van der Waals surface area contributed by atoms with Crippen molar-refractivity contribution in [3.8, 4) is 0 Å². The molecule has 2 fully saturated rings. The molecule has 4 N–H and O–H groups in total. The van der Waals surface area contributed by atoms with Crippen LogP contribution in [0.5, 0.6) is 0 Å². The Hall–Kier alpha value is -2.52. The molecule has 0 saturated heterocycles. The number of ether oxygens (including phenoxy) is 1. The van der Waals surface area contributed by atoms with Crippen molar-refractivity contribution < 1.29 is 44.3 Å². The standard InChI is InChI=1S/C25H36O9.C2H6/c1-5-15(12-34-20(31)9-13(2)8-19(29)30)22-24(33)23(32)17-11-16(27)10-14(3)21(17)25(22,4)18(28)6-7-26;1-2/h6-8,14-17,21-22,24,26-27,33H,5,9-12H2,1-4H3,(H,29,30);1-2H3/b7-6-,13-8+;/t14-,15+,16?,17?,21?,22?,24?,25?;/m1./s1. The van der Waals surface area contributed by atoms with Gasteiger partial charge in [-0.25, -0.2) is 4.79 Å². The minimum absolute atomic E-state index is 0.157. The molecule has 0 spiro atoms. The third-order valence-corrected chi connectivity index (χ3v) is 7.64. The highest BCUT2D eigenvalue weighted by Crippen LogP contribution is 2.57. The highest BCUT2D eigenvalue weighted by Gasteiger charge is 2.63. The third kappa shape index (κ3) is 6.82. The summed E-state index contributed by atoms with van der Waals surface area (Å²) in [5.74, 6) is -5.48. The Morgan fingerprint density at radius 3 is 2.33 bits per heavy atom. The van der Waals surface area contributed by atoms with Gasteiger partial charge in [0.15, 0.2) is 11.6 Å². The molecule has 2 saturated carbocycles. The Labute approximate surface area is 213 Å². The Balaban J connectivity index is 0.00000316. The van der Waals surface area contributed by atoms with Crippen LogP contribution in [-0.4, -0.2) is 62.7 Å². The van der Waals surface area contributed by atoms with Crippen LogP contribution in [0.2, 0.25) is 0 Å². The van der Waals surface area contributed by atoms with Crippen molar-refractivity contribution >= 4 is 23.5 Å². The molecule has 0 aliphatic heterocycles. The number of ketones is 2. The topological polar surface area (TPSA) is 158 Å². The van der Waals surface area contributed by atoms with Crippen LogP contribution in [0.25, 0.3) is 0 Å². The van der Waals surface area contributed by atoms with E-state index < -0.39 is 64.8 Å². The second-order valence-electron chi connectivity index (χ2n) is 9.93. The number of Topliss-reactive ketones (excluding diaryl/α,β-unsaturated/α-hetero) is 1. The van der Waals surface area contributed by atoms with E-state index in [1.165, 1.54) is 6.92 Å². The lowest BCUT2D eigenvalue weighted by molar-refractivity contribution is -0.181. The molecular weight excluding hydrogens is 468 g/mol. The average Bonchev–Trinajstić information content (AvgIpc) is 2.80. The average molecular weight is 511 g/mol. The summed E-state index contributed by atoms with van der Waals surface area (Å²) in [4.78, 5) is 49.6. The van der Waals surface area contributed by atoms with E-state index in [0.717, 1.165) is 12.2 Å². The van der Waals surface area contributed by atoms with Crippen molar-refractivity contribution in [2.45, 2.75) is 79.4 Å². The predicted molar refractivity (Wildman–Crippen MR) is 133 cm³/mol. The number of carbonyl (C=O) groups is 4. The summed E-state index contributed by atoms with van der Waals surface area (Å²) in [6.45, 7) is 10.7. The van der Waals surface area contributed by atoms with Gasteiger partial charge in [0.1, 0.15) is 6.10 Å². The maximum atomic E-state index is 13.4. The van der Waals surface area contributed by atoms with Gasteiger partial charge in [-0.3, -0.25) is 14.4 Å². The number of hydrogen-bond donors (Lipinski definition) is 4. The van der Waals surface area contributed by atoms with Gasteiger partial charge in [-0.2, -0.15) is 0 Å². The Bertz CT molecular complexity index is 861. The molecule has 8 atom stereocenters. The maximum Gasteiger partial charge on any atom is 0.328 e. The first-order chi connectivity index (χ1) is 16.9. The Kier molecular flexibility index (Phi) is 12.0. The van der Waals surface area contributed by atoms with Crippen LogP contribution in [0.3, 0.4) is 0 Å². The van der Waals surface area contributed by atoms with Crippen molar-refractivity contribution in [1.29, 1.82) is 0 Å². The lowest BCUT2D eigenvalue weighted by Crippen LogP contribution is -2.64. The second kappa shape index (κ2) is 13.7. The summed E-state index contributed by atoms with van der Waals surface area (Å²) in [6, 6.07) is 0. The highest BCUT2D eigenvalue weighted by molar-refractivity contribution is 5.98. The molecule has 0 radical (unpaired) electrons. The lowest BCUT2D eigenvalue weighted by atomic mass is 9.46. The molecule has 2 aliphatic rings. The van der Waals surface area contributed by atoms with Crippen LogP contribution < -0.4 is 0 Å². The molecule has 0 amide bonds. The molecule has 0 heterocycles. The molecule has 9 heteroatoms. The van der Waals surface area contributed by atoms with Gasteiger partial charge in [-0.15, -0.1) is 0 Å². The first kappa shape index (κ1) is 31.5. The normalized spacial score (nSPS) is 33.2. The van der Waals surface area contributed by atoms with E-state index in [9.17, 15) is 34.5 Å². The van der Waals surface area contributed by atoms with Crippen LogP contribution in [0.1, 0.15) is 67.2 Å². The zero-order chi connectivity index (χ0) is 27.8. The number of rotatable bonds is 9. The van der Waals surface area contributed by atoms with Gasteiger partial charge in [0.2, 0.25) is 0 Å². The van der Waals surface area contributed by atoms with E-state index in [4.69, 9.17) is 9.84 Å². The lowest BCUT2D eigenvalue weighted by Gasteiger charge is -2.57. The number of aliphatic hydroxyl groups is 3. The number of aliphatic hydroxyl groups excluding tert-OH is 3. The smallest absolute Gasteiger partial charge is 0.328 e. The van der Waals surface area contributed by atoms with E-state index in [1.54, 1.807) is 13.8 Å². The van der Waals surface area contributed by atoms with E-state index in [1.807, 2.05) is 20.8 Å². The summed E-state index contributed by atoms with van der Waals surface area (Å²) in [5.41, 5.74) is -0.938. The van der Waals surface area contributed by atoms with Crippen LogP contribution in [-0.2, 0) is 23.9 Å². The quantitative estimate of drug-likeness (QED) is 0.207. The molecule has 204 valence electrons. The van der Waals surface area contributed by atoms with Crippen LogP contribution >= 0.6 is 0 Å². The van der Waals surface area contributed by atoms with Gasteiger partial charge in [0, 0.05) is 29.4 Å². The second-order valence-corrected chi connectivity index (χ2v) is 9.93. The highest BCUT2D eigenvalue weighted by atomic mass is 16.5. The predicted octanol–water partition coefficient (Wildman–Crippen LogP) is 3.23. The largest absolute Gasteiger partial charge is 0.515 e. The first-order valence-electron chi connectivity index (χ1n) is 12.7. The summed E-state index contributed by atoms with van der Waals surface area (Å²) in [6.07, 6.45) is 1.11. The van der Waals surface area contributed by atoms with Crippen molar-refractivity contribution in [2.24, 2.45) is 35.0 Å². The third-order valence-electron chi connectivity index (χ3n) is 7.64. The van der Waals surface area contributed by atoms with Gasteiger partial charge in [-0.05, 0) is 43.9 Å². The molecule has 0 aromatic rings. The Morgan fingerprint density at radius 2 is 1.81 bits per heavy atom. The molecular formula is C27H42O9. The zero-order valence-electron chi connectivity index (χ0n) is 22.1.